The van der Waals surface area contributed by atoms with Gasteiger partial charge in [-0.15, -0.1) is 0 Å². The van der Waals surface area contributed by atoms with Crippen molar-refractivity contribution in [1.29, 1.82) is 0 Å². The number of hydrogen-bond acceptors (Lipinski definition) is 5. The topological polar surface area (TPSA) is 105 Å². The van der Waals surface area contributed by atoms with Crippen molar-refractivity contribution in [3.8, 4) is 0 Å². The highest BCUT2D eigenvalue weighted by Gasteiger charge is 2.27. The van der Waals surface area contributed by atoms with Crippen LogP contribution in [-0.2, 0) is 18.4 Å². The Morgan fingerprint density at radius 1 is 0.548 bits per heavy atom. The summed E-state index contributed by atoms with van der Waals surface area (Å²) in [7, 11) is 1.53. The first-order valence-electron chi connectivity index (χ1n) is 25.3. The van der Waals surface area contributed by atoms with Gasteiger partial charge in [0.15, 0.2) is 0 Å². The highest BCUT2D eigenvalue weighted by molar-refractivity contribution is 7.47. The first kappa shape index (κ1) is 59.9. The summed E-state index contributed by atoms with van der Waals surface area (Å²) in [4.78, 5) is 23.2. The molecule has 1 amide bonds. The molecule has 0 saturated carbocycles. The van der Waals surface area contributed by atoms with Crippen LogP contribution in [0.4, 0.5) is 0 Å². The zero-order valence-electron chi connectivity index (χ0n) is 40.8. The zero-order chi connectivity index (χ0) is 45.7. The number of rotatable bonds is 45. The molecule has 0 aliphatic heterocycles. The lowest BCUT2D eigenvalue weighted by molar-refractivity contribution is -0.870. The van der Waals surface area contributed by atoms with Gasteiger partial charge in [0.2, 0.25) is 5.91 Å². The number of nitrogens with one attached hydrogen (secondary N) is 1. The molecule has 3 atom stereocenters. The minimum absolute atomic E-state index is 0.0475. The summed E-state index contributed by atoms with van der Waals surface area (Å²) in [6.45, 7) is 4.74. The van der Waals surface area contributed by atoms with Crippen LogP contribution in [0, 0.1) is 0 Å². The largest absolute Gasteiger partial charge is 0.472 e. The van der Waals surface area contributed by atoms with E-state index in [1.165, 1.54) is 116 Å². The zero-order valence-corrected chi connectivity index (χ0v) is 41.7. The number of carbonyl (C=O) groups is 1. The third kappa shape index (κ3) is 45.9. The van der Waals surface area contributed by atoms with Crippen LogP contribution in [0.5, 0.6) is 0 Å². The molecule has 3 N–H and O–H groups in total. The van der Waals surface area contributed by atoms with E-state index in [1.807, 2.05) is 27.2 Å². The minimum atomic E-state index is -4.36. The number of quaternary nitrogens is 1. The van der Waals surface area contributed by atoms with E-state index < -0.39 is 20.0 Å². The average Bonchev–Trinajstić information content (AvgIpc) is 3.23. The fourth-order valence-corrected chi connectivity index (χ4v) is 7.58. The number of likely N-dealkylation sites (N-methyl/N-ethyl adjacent to an activating group) is 1. The van der Waals surface area contributed by atoms with Crippen LogP contribution in [0.15, 0.2) is 72.9 Å². The summed E-state index contributed by atoms with van der Waals surface area (Å²) in [5, 5.41) is 13.8. The highest BCUT2D eigenvalue weighted by Crippen LogP contribution is 2.43. The predicted molar refractivity (Wildman–Crippen MR) is 267 cm³/mol. The molecule has 8 nitrogen and oxygen atoms in total. The third-order valence-electron chi connectivity index (χ3n) is 10.9. The van der Waals surface area contributed by atoms with Crippen LogP contribution in [0.3, 0.4) is 0 Å². The second-order valence-corrected chi connectivity index (χ2v) is 19.6. The molecule has 0 aromatic rings. The van der Waals surface area contributed by atoms with Gasteiger partial charge >= 0.3 is 7.82 Å². The molecule has 9 heteroatoms. The van der Waals surface area contributed by atoms with E-state index in [4.69, 9.17) is 9.05 Å². The molecule has 0 bridgehead atoms. The Morgan fingerprint density at radius 2 is 0.935 bits per heavy atom. The molecule has 0 heterocycles. The van der Waals surface area contributed by atoms with Crippen LogP contribution in [0.2, 0.25) is 0 Å². The number of phosphoric ester groups is 1. The summed E-state index contributed by atoms with van der Waals surface area (Å²) in [6, 6.07) is -0.880. The Hall–Kier alpha value is -2.06. The average molecular weight is 890 g/mol. The molecule has 0 saturated heterocycles. The molecule has 0 fully saturated rings. The van der Waals surface area contributed by atoms with Crippen LogP contribution in [0.25, 0.3) is 0 Å². The van der Waals surface area contributed by atoms with Crippen LogP contribution in [-0.4, -0.2) is 73.4 Å². The molecule has 62 heavy (non-hydrogen) atoms. The normalized spacial score (nSPS) is 14.8. The summed E-state index contributed by atoms with van der Waals surface area (Å²) in [5.41, 5.74) is 0. The van der Waals surface area contributed by atoms with Crippen LogP contribution >= 0.6 is 7.82 Å². The summed E-state index contributed by atoms with van der Waals surface area (Å²) >= 11 is 0. The summed E-state index contributed by atoms with van der Waals surface area (Å²) in [5.74, 6) is -0.206. The maximum Gasteiger partial charge on any atom is 0.472 e. The number of carbonyl (C=O) groups excluding carboxylic acids is 1. The number of nitrogens with zero attached hydrogens (tertiary/aromatic N) is 1. The van der Waals surface area contributed by atoms with Crippen molar-refractivity contribution in [2.24, 2.45) is 0 Å². The molecule has 0 spiro atoms. The summed E-state index contributed by atoms with van der Waals surface area (Å²) < 4.78 is 23.6. The van der Waals surface area contributed by atoms with Gasteiger partial charge in [0.05, 0.1) is 39.9 Å². The number of phosphoric acid groups is 1. The standard InChI is InChI=1S/C53H97N2O6P/c1-6-8-10-12-14-16-18-20-22-24-26-27-29-30-32-34-36-38-40-42-44-46-52(56)51(50-61-62(58,59)60-49-48-55(3,4)5)54-53(57)47-45-43-41-39-37-35-33-31-28-25-23-21-19-17-15-13-11-9-7-2/h15,17,21,23,28-31,36,38,44,46,51-52,56H,6-14,16,18-20,22,24-27,32-35,37,39-43,45,47-50H2,1-5H3,(H-,54,57,58,59)/p+1/b17-15-,23-21-,30-29+,31-28-,38-36+,46-44+. The number of unbranched alkanes of at least 4 members (excludes halogenated alkanes) is 22. The molecule has 0 aliphatic rings. The van der Waals surface area contributed by atoms with Gasteiger partial charge in [-0.1, -0.05) is 189 Å². The molecule has 3 unspecified atom stereocenters. The second kappa shape index (κ2) is 44.2. The van der Waals surface area contributed by atoms with Crippen molar-refractivity contribution in [3.63, 3.8) is 0 Å². The Balaban J connectivity index is 4.45. The minimum Gasteiger partial charge on any atom is -0.387 e. The highest BCUT2D eigenvalue weighted by atomic mass is 31.2. The van der Waals surface area contributed by atoms with Crippen molar-refractivity contribution in [3.05, 3.63) is 72.9 Å². The first-order valence-corrected chi connectivity index (χ1v) is 26.8. The predicted octanol–water partition coefficient (Wildman–Crippen LogP) is 14.8. The van der Waals surface area contributed by atoms with Gasteiger partial charge in [-0.25, -0.2) is 4.57 Å². The maximum absolute atomic E-state index is 12.9. The van der Waals surface area contributed by atoms with Crippen molar-refractivity contribution < 1.29 is 32.9 Å². The van der Waals surface area contributed by atoms with Crippen molar-refractivity contribution >= 4 is 13.7 Å². The Kier molecular flexibility index (Phi) is 42.7. The van der Waals surface area contributed by atoms with Crippen LogP contribution < -0.4 is 5.32 Å². The number of hydrogen-bond donors (Lipinski definition) is 3. The molecule has 0 aliphatic carbocycles. The Morgan fingerprint density at radius 3 is 1.44 bits per heavy atom. The quantitative estimate of drug-likeness (QED) is 0.0243. The molecular weight excluding hydrogens is 792 g/mol. The summed E-state index contributed by atoms with van der Waals surface area (Å²) in [6.07, 6.45) is 59.8. The Labute approximate surface area is 383 Å². The third-order valence-corrected chi connectivity index (χ3v) is 11.9. The van der Waals surface area contributed by atoms with E-state index in [1.54, 1.807) is 6.08 Å². The van der Waals surface area contributed by atoms with E-state index >= 15 is 0 Å². The fraction of sp³-hybridized carbons (Fsp3) is 0.755. The molecule has 0 aromatic carbocycles. The van der Waals surface area contributed by atoms with Gasteiger partial charge in [0, 0.05) is 6.42 Å². The molecule has 0 radical (unpaired) electrons. The molecule has 0 rings (SSSR count). The van der Waals surface area contributed by atoms with Gasteiger partial charge < -0.3 is 19.8 Å². The number of amides is 1. The van der Waals surface area contributed by atoms with E-state index in [9.17, 15) is 19.4 Å². The van der Waals surface area contributed by atoms with Gasteiger partial charge in [-0.3, -0.25) is 13.8 Å². The maximum atomic E-state index is 12.9. The van der Waals surface area contributed by atoms with Gasteiger partial charge in [-0.05, 0) is 83.5 Å². The number of aliphatic hydroxyl groups excluding tert-OH is 1. The number of aliphatic hydroxyl groups is 1. The second-order valence-electron chi connectivity index (χ2n) is 18.2. The van der Waals surface area contributed by atoms with Gasteiger partial charge in [0.1, 0.15) is 13.2 Å². The van der Waals surface area contributed by atoms with Crippen molar-refractivity contribution in [2.75, 3.05) is 40.9 Å². The van der Waals surface area contributed by atoms with E-state index in [-0.39, 0.29) is 19.1 Å². The lowest BCUT2D eigenvalue weighted by Crippen LogP contribution is -2.45. The van der Waals surface area contributed by atoms with E-state index in [0.717, 1.165) is 70.6 Å². The molecule has 360 valence electrons. The van der Waals surface area contributed by atoms with E-state index in [0.29, 0.717) is 17.4 Å². The Bertz CT molecular complexity index is 1240. The van der Waals surface area contributed by atoms with Crippen LogP contribution in [0.1, 0.15) is 206 Å². The molecular formula is C53H98N2O6P+. The molecule has 0 aromatic heterocycles. The fourth-order valence-electron chi connectivity index (χ4n) is 6.84. The van der Waals surface area contributed by atoms with Gasteiger partial charge in [-0.2, -0.15) is 0 Å². The van der Waals surface area contributed by atoms with E-state index in [2.05, 4.69) is 79.9 Å². The van der Waals surface area contributed by atoms with Crippen molar-refractivity contribution in [2.45, 2.75) is 219 Å². The lowest BCUT2D eigenvalue weighted by atomic mass is 10.1. The SMILES string of the molecule is CCCCC/C=C\C/C=C\C/C=C\CCCCCCCCC(=O)NC(COP(=O)(O)OCC[N+](C)(C)C)C(O)/C=C/CC/C=C/CC/C=C/CCCCCCCCCCCCC. The lowest BCUT2D eigenvalue weighted by Gasteiger charge is -2.25. The monoisotopic (exact) mass is 890 g/mol. The first-order chi connectivity index (χ1) is 30.0. The van der Waals surface area contributed by atoms with Crippen molar-refractivity contribution in [1.82, 2.24) is 5.32 Å². The van der Waals surface area contributed by atoms with Gasteiger partial charge in [0.25, 0.3) is 0 Å². The smallest absolute Gasteiger partial charge is 0.387 e. The number of allylic oxidation sites excluding steroid dienone is 11.